The normalized spacial score (nSPS) is 22.9. The maximum Gasteiger partial charge on any atom is 0.122 e. The third kappa shape index (κ3) is 4.17. The van der Waals surface area contributed by atoms with Crippen LogP contribution in [-0.4, -0.2) is 18.3 Å². The fourth-order valence-electron chi connectivity index (χ4n) is 4.11. The van der Waals surface area contributed by atoms with Gasteiger partial charge in [-0.2, -0.15) is 0 Å². The summed E-state index contributed by atoms with van der Waals surface area (Å²) in [5.41, 5.74) is 5.27. The number of allylic oxidation sites excluding steroid dienone is 1. The summed E-state index contributed by atoms with van der Waals surface area (Å²) in [6.45, 7) is 10.8. The lowest BCUT2D eigenvalue weighted by atomic mass is 9.70. The monoisotopic (exact) mass is 316 g/mol. The summed E-state index contributed by atoms with van der Waals surface area (Å²) in [7, 11) is 1.77. The Labute approximate surface area is 141 Å². The molecule has 0 spiro atoms. The van der Waals surface area contributed by atoms with Gasteiger partial charge in [0.05, 0.1) is 13.2 Å². The maximum atomic E-state index is 10.3. The fraction of sp³-hybridized carbons (Fsp3) is 0.619. The molecule has 0 fully saturated rings. The fourth-order valence-corrected chi connectivity index (χ4v) is 4.11. The number of ether oxygens (including phenoxy) is 1. The summed E-state index contributed by atoms with van der Waals surface area (Å²) in [4.78, 5) is 0. The molecule has 2 rings (SSSR count). The predicted octanol–water partition coefficient (Wildman–Crippen LogP) is 5.34. The van der Waals surface area contributed by atoms with Gasteiger partial charge < -0.3 is 9.84 Å². The summed E-state index contributed by atoms with van der Waals surface area (Å²) >= 11 is 0. The Bertz CT molecular complexity index is 569. The lowest BCUT2D eigenvalue weighted by Crippen LogP contribution is -2.22. The highest BCUT2D eigenvalue weighted by Crippen LogP contribution is 2.47. The number of benzene rings is 1. The van der Waals surface area contributed by atoms with Crippen molar-refractivity contribution >= 4 is 0 Å². The van der Waals surface area contributed by atoms with Gasteiger partial charge in [0.25, 0.3) is 0 Å². The summed E-state index contributed by atoms with van der Waals surface area (Å²) in [6.07, 6.45) is 4.84. The van der Waals surface area contributed by atoms with Crippen molar-refractivity contribution in [2.24, 2.45) is 5.92 Å². The highest BCUT2D eigenvalue weighted by Gasteiger charge is 2.31. The second-order valence-corrected chi connectivity index (χ2v) is 7.58. The highest BCUT2D eigenvalue weighted by atomic mass is 16.5. The van der Waals surface area contributed by atoms with Crippen LogP contribution in [0.15, 0.2) is 23.8 Å². The number of fused-ring (bicyclic) bond motifs is 1. The molecule has 0 bridgehead atoms. The number of methoxy groups -OCH3 is 1. The van der Waals surface area contributed by atoms with Crippen molar-refractivity contribution in [3.05, 3.63) is 40.5 Å². The Balaban J connectivity index is 2.31. The molecule has 1 N–H and O–H groups in total. The van der Waals surface area contributed by atoms with Crippen molar-refractivity contribution in [3.8, 4) is 5.75 Å². The van der Waals surface area contributed by atoms with Gasteiger partial charge in [-0.25, -0.2) is 0 Å². The van der Waals surface area contributed by atoms with Crippen molar-refractivity contribution in [1.29, 1.82) is 0 Å². The zero-order valence-corrected chi connectivity index (χ0v) is 15.5. The Morgan fingerprint density at radius 3 is 2.65 bits per heavy atom. The van der Waals surface area contributed by atoms with Crippen molar-refractivity contribution in [3.63, 3.8) is 0 Å². The first-order chi connectivity index (χ1) is 10.8. The SMILES string of the molecule is COc1cc(C)cc2c1[C@@H](C)CC[C@@H]2[C@@H](C)CC(O)C=C(C)C. The average Bonchev–Trinajstić information content (AvgIpc) is 2.45. The number of aliphatic hydroxyl groups excluding tert-OH is 1. The molecule has 0 amide bonds. The molecule has 0 heterocycles. The van der Waals surface area contributed by atoms with Gasteiger partial charge in [0.1, 0.15) is 5.75 Å². The van der Waals surface area contributed by atoms with Crippen LogP contribution in [0, 0.1) is 12.8 Å². The van der Waals surface area contributed by atoms with Crippen LogP contribution < -0.4 is 4.74 Å². The van der Waals surface area contributed by atoms with E-state index in [1.807, 2.05) is 19.9 Å². The molecule has 1 aromatic carbocycles. The molecule has 23 heavy (non-hydrogen) atoms. The van der Waals surface area contributed by atoms with Crippen LogP contribution in [0.25, 0.3) is 0 Å². The largest absolute Gasteiger partial charge is 0.496 e. The summed E-state index contributed by atoms with van der Waals surface area (Å²) < 4.78 is 5.67. The first-order valence-corrected chi connectivity index (χ1v) is 8.85. The van der Waals surface area contributed by atoms with E-state index in [0.717, 1.165) is 12.2 Å². The number of hydrogen-bond donors (Lipinski definition) is 1. The predicted molar refractivity (Wildman–Crippen MR) is 97.3 cm³/mol. The van der Waals surface area contributed by atoms with Crippen LogP contribution in [0.3, 0.4) is 0 Å². The molecule has 2 heteroatoms. The molecule has 0 aromatic heterocycles. The van der Waals surface area contributed by atoms with Gasteiger partial charge in [-0.3, -0.25) is 0 Å². The van der Waals surface area contributed by atoms with Crippen LogP contribution >= 0.6 is 0 Å². The molecule has 1 unspecified atom stereocenters. The van der Waals surface area contributed by atoms with E-state index in [1.165, 1.54) is 35.1 Å². The average molecular weight is 316 g/mol. The van der Waals surface area contributed by atoms with E-state index < -0.39 is 0 Å². The summed E-state index contributed by atoms with van der Waals surface area (Å²) in [5.74, 6) is 2.55. The zero-order valence-electron chi connectivity index (χ0n) is 15.5. The first-order valence-electron chi connectivity index (χ1n) is 8.85. The van der Waals surface area contributed by atoms with E-state index in [1.54, 1.807) is 7.11 Å². The minimum atomic E-state index is -0.343. The molecule has 1 aromatic rings. The molecular formula is C21H32O2. The standard InChI is InChI=1S/C21H32O2/c1-13(2)9-17(22)12-16(5)18-8-7-15(4)21-19(18)10-14(3)11-20(21)23-6/h9-11,15-18,22H,7-8,12H2,1-6H3/t15-,16-,17?,18+/m0/s1. The molecule has 1 aliphatic carbocycles. The van der Waals surface area contributed by atoms with Crippen LogP contribution in [0.5, 0.6) is 5.75 Å². The van der Waals surface area contributed by atoms with Crippen molar-refractivity contribution in [2.75, 3.05) is 7.11 Å². The number of aryl methyl sites for hydroxylation is 1. The smallest absolute Gasteiger partial charge is 0.122 e. The van der Waals surface area contributed by atoms with Crippen LogP contribution in [0.1, 0.15) is 75.5 Å². The Morgan fingerprint density at radius 2 is 2.04 bits per heavy atom. The van der Waals surface area contributed by atoms with Gasteiger partial charge >= 0.3 is 0 Å². The van der Waals surface area contributed by atoms with E-state index in [-0.39, 0.29) is 6.10 Å². The van der Waals surface area contributed by atoms with Crippen LogP contribution in [0.2, 0.25) is 0 Å². The molecule has 0 saturated carbocycles. The zero-order chi connectivity index (χ0) is 17.1. The van der Waals surface area contributed by atoms with E-state index >= 15 is 0 Å². The van der Waals surface area contributed by atoms with E-state index in [9.17, 15) is 5.11 Å². The van der Waals surface area contributed by atoms with Crippen LogP contribution in [-0.2, 0) is 0 Å². The van der Waals surface area contributed by atoms with Crippen molar-refractivity contribution < 1.29 is 9.84 Å². The molecular weight excluding hydrogens is 284 g/mol. The number of hydrogen-bond acceptors (Lipinski definition) is 2. The second kappa shape index (κ2) is 7.53. The van der Waals surface area contributed by atoms with Gasteiger partial charge in [-0.15, -0.1) is 0 Å². The maximum absolute atomic E-state index is 10.3. The third-order valence-electron chi connectivity index (χ3n) is 5.17. The van der Waals surface area contributed by atoms with Gasteiger partial charge in [0.15, 0.2) is 0 Å². The topological polar surface area (TPSA) is 29.5 Å². The quantitative estimate of drug-likeness (QED) is 0.743. The van der Waals surface area contributed by atoms with Crippen LogP contribution in [0.4, 0.5) is 0 Å². The van der Waals surface area contributed by atoms with Gasteiger partial charge in [-0.1, -0.05) is 31.6 Å². The Morgan fingerprint density at radius 1 is 1.35 bits per heavy atom. The number of rotatable bonds is 5. The number of aliphatic hydroxyl groups is 1. The summed E-state index contributed by atoms with van der Waals surface area (Å²) in [6, 6.07) is 4.49. The van der Waals surface area contributed by atoms with Gasteiger partial charge in [0, 0.05) is 5.56 Å². The minimum absolute atomic E-state index is 0.343. The Kier molecular flexibility index (Phi) is 5.91. The molecule has 0 saturated heterocycles. The molecule has 0 aliphatic heterocycles. The van der Waals surface area contributed by atoms with Gasteiger partial charge in [0.2, 0.25) is 0 Å². The molecule has 4 atom stereocenters. The molecule has 0 radical (unpaired) electrons. The molecule has 1 aliphatic rings. The van der Waals surface area contributed by atoms with Gasteiger partial charge in [-0.05, 0) is 75.0 Å². The van der Waals surface area contributed by atoms with Crippen molar-refractivity contribution in [2.45, 2.75) is 71.8 Å². The summed E-state index contributed by atoms with van der Waals surface area (Å²) in [5, 5.41) is 10.3. The van der Waals surface area contributed by atoms with E-state index in [4.69, 9.17) is 4.74 Å². The lowest BCUT2D eigenvalue weighted by molar-refractivity contribution is 0.177. The van der Waals surface area contributed by atoms with E-state index in [0.29, 0.717) is 17.8 Å². The highest BCUT2D eigenvalue weighted by molar-refractivity contribution is 5.48. The van der Waals surface area contributed by atoms with E-state index in [2.05, 4.69) is 32.9 Å². The van der Waals surface area contributed by atoms with Crippen molar-refractivity contribution in [1.82, 2.24) is 0 Å². The first kappa shape index (κ1) is 18.1. The molecule has 128 valence electrons. The minimum Gasteiger partial charge on any atom is -0.496 e. The Hall–Kier alpha value is -1.28. The second-order valence-electron chi connectivity index (χ2n) is 7.58. The third-order valence-corrected chi connectivity index (χ3v) is 5.17. The lowest BCUT2D eigenvalue weighted by Gasteiger charge is -2.35. The molecule has 2 nitrogen and oxygen atoms in total.